The molecule has 0 spiro atoms. The topological polar surface area (TPSA) is 58.1 Å². The normalized spacial score (nSPS) is 14.2. The predicted octanol–water partition coefficient (Wildman–Crippen LogP) is 2.64. The van der Waals surface area contributed by atoms with Gasteiger partial charge < -0.3 is 10.2 Å². The maximum Gasteiger partial charge on any atom is 0.257 e. The zero-order valence-electron chi connectivity index (χ0n) is 12.0. The van der Waals surface area contributed by atoms with Crippen LogP contribution in [-0.4, -0.2) is 29.2 Å². The highest BCUT2D eigenvalue weighted by Gasteiger charge is 2.14. The van der Waals surface area contributed by atoms with Gasteiger partial charge in [-0.2, -0.15) is 0 Å². The Labute approximate surface area is 124 Å². The molecule has 2 aromatic rings. The lowest BCUT2D eigenvalue weighted by atomic mass is 10.1. The lowest BCUT2D eigenvalue weighted by Crippen LogP contribution is -2.20. The number of benzene rings is 1. The van der Waals surface area contributed by atoms with Crippen LogP contribution in [0.4, 0.5) is 11.6 Å². The fourth-order valence-electron chi connectivity index (χ4n) is 2.52. The number of carbonyl (C=O) groups excluding carboxylic acids is 1. The molecule has 108 valence electrons. The minimum absolute atomic E-state index is 0.156. The molecule has 5 heteroatoms. The van der Waals surface area contributed by atoms with Crippen LogP contribution < -0.4 is 10.2 Å². The summed E-state index contributed by atoms with van der Waals surface area (Å²) >= 11 is 0. The first-order chi connectivity index (χ1) is 10.2. The van der Waals surface area contributed by atoms with Gasteiger partial charge in [0.2, 0.25) is 0 Å². The van der Waals surface area contributed by atoms with Crippen molar-refractivity contribution >= 4 is 17.5 Å². The van der Waals surface area contributed by atoms with Gasteiger partial charge in [0.1, 0.15) is 0 Å². The molecule has 1 aliphatic heterocycles. The van der Waals surface area contributed by atoms with Crippen molar-refractivity contribution in [1.29, 1.82) is 0 Å². The second kappa shape index (κ2) is 5.91. The molecule has 0 saturated carbocycles. The Morgan fingerprint density at radius 2 is 1.86 bits per heavy atom. The van der Waals surface area contributed by atoms with Gasteiger partial charge in [0, 0.05) is 18.7 Å². The highest BCUT2D eigenvalue weighted by atomic mass is 16.1. The van der Waals surface area contributed by atoms with Gasteiger partial charge in [0.05, 0.1) is 0 Å². The van der Waals surface area contributed by atoms with Crippen molar-refractivity contribution in [3.05, 3.63) is 47.5 Å². The summed E-state index contributed by atoms with van der Waals surface area (Å²) in [5.74, 6) is 1.20. The van der Waals surface area contributed by atoms with Crippen molar-refractivity contribution in [3.8, 4) is 0 Å². The Balaban J connectivity index is 1.70. The first-order valence-electron chi connectivity index (χ1n) is 7.20. The van der Waals surface area contributed by atoms with Gasteiger partial charge >= 0.3 is 0 Å². The van der Waals surface area contributed by atoms with Crippen molar-refractivity contribution in [3.63, 3.8) is 0 Å². The van der Waals surface area contributed by atoms with E-state index in [9.17, 15) is 4.79 Å². The second-order valence-corrected chi connectivity index (χ2v) is 5.24. The SMILES string of the molecule is Cc1ccccc1C(=O)Nc1ccc(N2CCCC2)nn1. The highest BCUT2D eigenvalue weighted by Crippen LogP contribution is 2.18. The number of anilines is 2. The Morgan fingerprint density at radius 3 is 2.52 bits per heavy atom. The number of nitrogens with one attached hydrogen (secondary N) is 1. The van der Waals surface area contributed by atoms with Crippen LogP contribution in [0.2, 0.25) is 0 Å². The molecule has 21 heavy (non-hydrogen) atoms. The molecule has 1 aromatic heterocycles. The Kier molecular flexibility index (Phi) is 3.81. The summed E-state index contributed by atoms with van der Waals surface area (Å²) in [6, 6.07) is 11.2. The van der Waals surface area contributed by atoms with E-state index in [1.165, 1.54) is 12.8 Å². The molecule has 1 N–H and O–H groups in total. The number of aryl methyl sites for hydroxylation is 1. The summed E-state index contributed by atoms with van der Waals surface area (Å²) in [4.78, 5) is 14.4. The van der Waals surface area contributed by atoms with Gasteiger partial charge in [-0.05, 0) is 43.5 Å². The quantitative estimate of drug-likeness (QED) is 0.940. The monoisotopic (exact) mass is 282 g/mol. The molecule has 5 nitrogen and oxygen atoms in total. The summed E-state index contributed by atoms with van der Waals surface area (Å²) in [6.07, 6.45) is 2.40. The van der Waals surface area contributed by atoms with Crippen LogP contribution >= 0.6 is 0 Å². The van der Waals surface area contributed by atoms with E-state index in [2.05, 4.69) is 20.4 Å². The van der Waals surface area contributed by atoms with Crippen molar-refractivity contribution in [2.75, 3.05) is 23.3 Å². The molecule has 1 saturated heterocycles. The molecule has 0 aliphatic carbocycles. The first kappa shape index (κ1) is 13.5. The van der Waals surface area contributed by atoms with Gasteiger partial charge in [-0.1, -0.05) is 18.2 Å². The third kappa shape index (κ3) is 3.02. The zero-order valence-corrected chi connectivity index (χ0v) is 12.0. The van der Waals surface area contributed by atoms with Crippen LogP contribution in [0, 0.1) is 6.92 Å². The highest BCUT2D eigenvalue weighted by molar-refractivity contribution is 6.04. The summed E-state index contributed by atoms with van der Waals surface area (Å²) in [5.41, 5.74) is 1.60. The molecule has 0 radical (unpaired) electrons. The van der Waals surface area contributed by atoms with Crippen LogP contribution in [0.15, 0.2) is 36.4 Å². The third-order valence-electron chi connectivity index (χ3n) is 3.71. The Bertz CT molecular complexity index is 633. The number of aromatic nitrogens is 2. The summed E-state index contributed by atoms with van der Waals surface area (Å²) in [7, 11) is 0. The largest absolute Gasteiger partial charge is 0.355 e. The maximum atomic E-state index is 12.2. The van der Waals surface area contributed by atoms with Crippen LogP contribution in [-0.2, 0) is 0 Å². The average Bonchev–Trinajstić information content (AvgIpc) is 3.02. The third-order valence-corrected chi connectivity index (χ3v) is 3.71. The van der Waals surface area contributed by atoms with Gasteiger partial charge in [-0.3, -0.25) is 4.79 Å². The minimum atomic E-state index is -0.156. The fourth-order valence-corrected chi connectivity index (χ4v) is 2.52. The van der Waals surface area contributed by atoms with Crippen LogP contribution in [0.5, 0.6) is 0 Å². The van der Waals surface area contributed by atoms with E-state index >= 15 is 0 Å². The van der Waals surface area contributed by atoms with Gasteiger partial charge in [0.15, 0.2) is 11.6 Å². The van der Waals surface area contributed by atoms with Crippen LogP contribution in [0.1, 0.15) is 28.8 Å². The lowest BCUT2D eigenvalue weighted by molar-refractivity contribution is 0.102. The number of hydrogen-bond acceptors (Lipinski definition) is 4. The van der Waals surface area contributed by atoms with Crippen molar-refractivity contribution in [1.82, 2.24) is 10.2 Å². The summed E-state index contributed by atoms with van der Waals surface area (Å²) in [6.45, 7) is 3.98. The minimum Gasteiger partial charge on any atom is -0.355 e. The predicted molar refractivity (Wildman–Crippen MR) is 82.6 cm³/mol. The van der Waals surface area contributed by atoms with Crippen molar-refractivity contribution < 1.29 is 4.79 Å². The van der Waals surface area contributed by atoms with E-state index < -0.39 is 0 Å². The number of carbonyl (C=O) groups is 1. The van der Waals surface area contributed by atoms with Crippen molar-refractivity contribution in [2.45, 2.75) is 19.8 Å². The van der Waals surface area contributed by atoms with E-state index in [-0.39, 0.29) is 5.91 Å². The molecule has 1 aromatic carbocycles. The summed E-state index contributed by atoms with van der Waals surface area (Å²) < 4.78 is 0. The molecule has 3 rings (SSSR count). The van der Waals surface area contributed by atoms with Gasteiger partial charge in [-0.25, -0.2) is 0 Å². The van der Waals surface area contributed by atoms with E-state index in [0.717, 1.165) is 24.5 Å². The lowest BCUT2D eigenvalue weighted by Gasteiger charge is -2.15. The number of nitrogens with zero attached hydrogens (tertiary/aromatic N) is 3. The van der Waals surface area contributed by atoms with E-state index in [1.807, 2.05) is 31.2 Å². The maximum absolute atomic E-state index is 12.2. The van der Waals surface area contributed by atoms with Gasteiger partial charge in [-0.15, -0.1) is 10.2 Å². The average molecular weight is 282 g/mol. The molecular formula is C16H18N4O. The molecule has 2 heterocycles. The molecule has 0 unspecified atom stereocenters. The molecule has 0 atom stereocenters. The molecular weight excluding hydrogens is 264 g/mol. The van der Waals surface area contributed by atoms with E-state index in [1.54, 1.807) is 12.1 Å². The number of hydrogen-bond donors (Lipinski definition) is 1. The molecule has 1 aliphatic rings. The van der Waals surface area contributed by atoms with Gasteiger partial charge in [0.25, 0.3) is 5.91 Å². The Hall–Kier alpha value is -2.43. The van der Waals surface area contributed by atoms with E-state index in [0.29, 0.717) is 11.4 Å². The zero-order chi connectivity index (χ0) is 14.7. The molecule has 1 fully saturated rings. The second-order valence-electron chi connectivity index (χ2n) is 5.24. The van der Waals surface area contributed by atoms with Crippen molar-refractivity contribution in [2.24, 2.45) is 0 Å². The smallest absolute Gasteiger partial charge is 0.257 e. The number of rotatable bonds is 3. The summed E-state index contributed by atoms with van der Waals surface area (Å²) in [5, 5.41) is 11.1. The molecule has 1 amide bonds. The van der Waals surface area contributed by atoms with E-state index in [4.69, 9.17) is 0 Å². The fraction of sp³-hybridized carbons (Fsp3) is 0.312. The van der Waals surface area contributed by atoms with Crippen LogP contribution in [0.25, 0.3) is 0 Å². The number of amides is 1. The van der Waals surface area contributed by atoms with Crippen LogP contribution in [0.3, 0.4) is 0 Å². The Morgan fingerprint density at radius 1 is 1.10 bits per heavy atom. The standard InChI is InChI=1S/C16H18N4O/c1-12-6-2-3-7-13(12)16(21)17-14-8-9-15(19-18-14)20-10-4-5-11-20/h2-3,6-9H,4-5,10-11H2,1H3,(H,17,18,21). The molecule has 0 bridgehead atoms. The first-order valence-corrected chi connectivity index (χ1v) is 7.20.